The molecule has 0 bridgehead atoms. The van der Waals surface area contributed by atoms with E-state index in [4.69, 9.17) is 11.6 Å². The van der Waals surface area contributed by atoms with Crippen LogP contribution in [0.2, 0.25) is 5.02 Å². The summed E-state index contributed by atoms with van der Waals surface area (Å²) in [4.78, 5) is 14.4. The van der Waals surface area contributed by atoms with Gasteiger partial charge in [0.25, 0.3) is 0 Å². The molecule has 132 valence electrons. The van der Waals surface area contributed by atoms with Gasteiger partial charge in [-0.25, -0.2) is 4.39 Å². The van der Waals surface area contributed by atoms with Crippen molar-refractivity contribution in [3.63, 3.8) is 0 Å². The lowest BCUT2D eigenvalue weighted by atomic mass is 10.1. The zero-order valence-electron chi connectivity index (χ0n) is 14.2. The van der Waals surface area contributed by atoms with Crippen LogP contribution in [0.25, 0.3) is 11.3 Å². The monoisotopic (exact) mass is 369 g/mol. The Morgan fingerprint density at radius 1 is 1.27 bits per heavy atom. The first-order valence-electron chi connectivity index (χ1n) is 8.39. The van der Waals surface area contributed by atoms with E-state index in [1.807, 2.05) is 31.4 Å². The largest absolute Gasteiger partial charge is 0.312 e. The fourth-order valence-corrected chi connectivity index (χ4v) is 3.53. The highest BCUT2D eigenvalue weighted by molar-refractivity contribution is 6.30. The number of carbonyl (C=O) groups excluding carboxylic acids is 1. The van der Waals surface area contributed by atoms with Gasteiger partial charge in [-0.2, -0.15) is 5.10 Å². The Kier molecular flexibility index (Phi) is 4.24. The number of fused-ring (bicyclic) bond motifs is 1. The normalized spacial score (nSPS) is 13.1. The summed E-state index contributed by atoms with van der Waals surface area (Å²) in [5.74, 6) is -0.650. The molecule has 4 nitrogen and oxygen atoms in total. The SMILES string of the molecule is Cn1ccc(-c2ccc3c(c2)CCN3C(=O)Cc2cccc(Cl)c2F)n1. The lowest BCUT2D eigenvalue weighted by molar-refractivity contribution is -0.117. The van der Waals surface area contributed by atoms with Crippen LogP contribution in [-0.4, -0.2) is 22.2 Å². The number of nitrogens with zero attached hydrogens (tertiary/aromatic N) is 3. The molecule has 26 heavy (non-hydrogen) atoms. The Labute approximate surface area is 155 Å². The van der Waals surface area contributed by atoms with Gasteiger partial charge in [-0.1, -0.05) is 29.8 Å². The van der Waals surface area contributed by atoms with E-state index in [2.05, 4.69) is 11.2 Å². The van der Waals surface area contributed by atoms with Crippen molar-refractivity contribution < 1.29 is 9.18 Å². The molecule has 2 heterocycles. The third-order valence-corrected chi connectivity index (χ3v) is 4.95. The molecule has 0 unspecified atom stereocenters. The van der Waals surface area contributed by atoms with Crippen LogP contribution in [0.5, 0.6) is 0 Å². The maximum absolute atomic E-state index is 14.1. The number of anilines is 1. The average molecular weight is 370 g/mol. The topological polar surface area (TPSA) is 38.1 Å². The molecule has 3 aromatic rings. The van der Waals surface area contributed by atoms with Gasteiger partial charge in [-0.3, -0.25) is 9.48 Å². The van der Waals surface area contributed by atoms with Gasteiger partial charge in [0.2, 0.25) is 5.91 Å². The van der Waals surface area contributed by atoms with Crippen molar-refractivity contribution >= 4 is 23.2 Å². The molecule has 0 fully saturated rings. The van der Waals surface area contributed by atoms with Crippen LogP contribution >= 0.6 is 11.6 Å². The van der Waals surface area contributed by atoms with Crippen LogP contribution in [0.3, 0.4) is 0 Å². The fourth-order valence-electron chi connectivity index (χ4n) is 3.33. The molecule has 1 aliphatic rings. The van der Waals surface area contributed by atoms with Gasteiger partial charge < -0.3 is 4.90 Å². The highest BCUT2D eigenvalue weighted by atomic mass is 35.5. The van der Waals surface area contributed by atoms with Crippen molar-refractivity contribution in [1.29, 1.82) is 0 Å². The first-order chi connectivity index (χ1) is 12.5. The molecule has 0 aliphatic carbocycles. The van der Waals surface area contributed by atoms with Crippen LogP contribution in [0.15, 0.2) is 48.7 Å². The van der Waals surface area contributed by atoms with Gasteiger partial charge in [0.05, 0.1) is 17.1 Å². The maximum atomic E-state index is 14.1. The van der Waals surface area contributed by atoms with Crippen LogP contribution in [0.1, 0.15) is 11.1 Å². The summed E-state index contributed by atoms with van der Waals surface area (Å²) in [6.45, 7) is 0.599. The Hall–Kier alpha value is -2.66. The predicted molar refractivity (Wildman–Crippen MR) is 99.8 cm³/mol. The molecule has 0 spiro atoms. The number of aryl methyl sites for hydroxylation is 1. The van der Waals surface area contributed by atoms with Crippen molar-refractivity contribution in [1.82, 2.24) is 9.78 Å². The molecule has 2 aromatic carbocycles. The van der Waals surface area contributed by atoms with E-state index in [1.54, 1.807) is 21.7 Å². The number of amides is 1. The lowest BCUT2D eigenvalue weighted by Gasteiger charge is -2.18. The Balaban J connectivity index is 1.57. The second kappa shape index (κ2) is 6.57. The molecule has 0 radical (unpaired) electrons. The third kappa shape index (κ3) is 2.99. The van der Waals surface area contributed by atoms with Gasteiger partial charge >= 0.3 is 0 Å². The molecule has 1 amide bonds. The molecule has 0 atom stereocenters. The summed E-state index contributed by atoms with van der Waals surface area (Å²) in [6.07, 6.45) is 2.67. The van der Waals surface area contributed by atoms with Crippen molar-refractivity contribution in [2.45, 2.75) is 12.8 Å². The smallest absolute Gasteiger partial charge is 0.231 e. The number of aromatic nitrogens is 2. The minimum absolute atomic E-state index is 0.00613. The summed E-state index contributed by atoms with van der Waals surface area (Å²) in [6, 6.07) is 12.7. The van der Waals surface area contributed by atoms with E-state index in [0.29, 0.717) is 12.1 Å². The number of hydrogen-bond donors (Lipinski definition) is 0. The van der Waals surface area contributed by atoms with Gasteiger partial charge in [-0.05, 0) is 41.8 Å². The Bertz CT molecular complexity index is 998. The van der Waals surface area contributed by atoms with Crippen LogP contribution in [0, 0.1) is 5.82 Å². The molecule has 6 heteroatoms. The molecule has 0 saturated heterocycles. The van der Waals surface area contributed by atoms with Crippen molar-refractivity contribution in [2.75, 3.05) is 11.4 Å². The van der Waals surface area contributed by atoms with Gasteiger partial charge in [0.1, 0.15) is 5.82 Å². The summed E-state index contributed by atoms with van der Waals surface area (Å²) >= 11 is 5.81. The molecule has 0 N–H and O–H groups in total. The lowest BCUT2D eigenvalue weighted by Crippen LogP contribution is -2.30. The first-order valence-corrected chi connectivity index (χ1v) is 8.77. The molecular weight excluding hydrogens is 353 g/mol. The van der Waals surface area contributed by atoms with Gasteiger partial charge in [0.15, 0.2) is 0 Å². The minimum atomic E-state index is -0.521. The van der Waals surface area contributed by atoms with Gasteiger partial charge in [0, 0.05) is 31.0 Å². The van der Waals surface area contributed by atoms with Crippen molar-refractivity contribution in [3.8, 4) is 11.3 Å². The molecule has 1 aliphatic heterocycles. The standard InChI is InChI=1S/C20H17ClFN3O/c1-24-9-8-17(23-24)13-5-6-18-14(11-13)7-10-25(18)19(26)12-15-3-2-4-16(21)20(15)22/h2-6,8-9,11H,7,10,12H2,1H3. The molecule has 1 aromatic heterocycles. The zero-order chi connectivity index (χ0) is 18.3. The number of benzene rings is 2. The van der Waals surface area contributed by atoms with Crippen LogP contribution < -0.4 is 4.90 Å². The van der Waals surface area contributed by atoms with E-state index in [1.165, 1.54) is 6.07 Å². The summed E-state index contributed by atoms with van der Waals surface area (Å²) in [5, 5.41) is 4.46. The minimum Gasteiger partial charge on any atom is -0.312 e. The maximum Gasteiger partial charge on any atom is 0.231 e. The molecule has 0 saturated carbocycles. The first kappa shape index (κ1) is 16.8. The number of hydrogen-bond acceptors (Lipinski definition) is 2. The molecular formula is C20H17ClFN3O. The van der Waals surface area contributed by atoms with Crippen LogP contribution in [0.4, 0.5) is 10.1 Å². The van der Waals surface area contributed by atoms with Crippen molar-refractivity contribution in [2.24, 2.45) is 7.05 Å². The highest BCUT2D eigenvalue weighted by Crippen LogP contribution is 2.32. The Morgan fingerprint density at radius 3 is 2.88 bits per heavy atom. The molecule has 4 rings (SSSR count). The number of rotatable bonds is 3. The fraction of sp³-hybridized carbons (Fsp3) is 0.200. The second-order valence-electron chi connectivity index (χ2n) is 6.40. The van der Waals surface area contributed by atoms with Crippen LogP contribution in [-0.2, 0) is 24.7 Å². The highest BCUT2D eigenvalue weighted by Gasteiger charge is 2.26. The predicted octanol–water partition coefficient (Wildman–Crippen LogP) is 4.01. The summed E-state index contributed by atoms with van der Waals surface area (Å²) < 4.78 is 15.8. The zero-order valence-corrected chi connectivity index (χ0v) is 15.0. The number of carbonyl (C=O) groups is 1. The van der Waals surface area contributed by atoms with E-state index in [9.17, 15) is 9.18 Å². The van der Waals surface area contributed by atoms with Gasteiger partial charge in [-0.15, -0.1) is 0 Å². The average Bonchev–Trinajstić information content (AvgIpc) is 3.24. The van der Waals surface area contributed by atoms with E-state index in [0.717, 1.165) is 28.9 Å². The van der Waals surface area contributed by atoms with E-state index >= 15 is 0 Å². The van der Waals surface area contributed by atoms with E-state index in [-0.39, 0.29) is 17.4 Å². The quantitative estimate of drug-likeness (QED) is 0.699. The van der Waals surface area contributed by atoms with E-state index < -0.39 is 5.82 Å². The Morgan fingerprint density at radius 2 is 2.12 bits per heavy atom. The van der Waals surface area contributed by atoms with Crippen molar-refractivity contribution in [3.05, 3.63) is 70.6 Å². The third-order valence-electron chi connectivity index (χ3n) is 4.66. The second-order valence-corrected chi connectivity index (χ2v) is 6.81. The number of halogens is 2. The summed E-state index contributed by atoms with van der Waals surface area (Å²) in [7, 11) is 1.88. The summed E-state index contributed by atoms with van der Waals surface area (Å²) in [5.41, 5.74) is 4.24.